The summed E-state index contributed by atoms with van der Waals surface area (Å²) in [6.45, 7) is 4.36. The minimum absolute atomic E-state index is 0.00727. The zero-order valence-corrected chi connectivity index (χ0v) is 18.7. The fourth-order valence-corrected chi connectivity index (χ4v) is 3.87. The summed E-state index contributed by atoms with van der Waals surface area (Å²) in [5.74, 6) is 0.626. The molecule has 0 radical (unpaired) electrons. The van der Waals surface area contributed by atoms with Gasteiger partial charge in [-0.2, -0.15) is 0 Å². The Morgan fingerprint density at radius 1 is 1.00 bits per heavy atom. The van der Waals surface area contributed by atoms with Crippen LogP contribution in [0, 0.1) is 0 Å². The number of hydrogen-bond donors (Lipinski definition) is 2. The molecule has 1 fully saturated rings. The lowest BCUT2D eigenvalue weighted by Crippen LogP contribution is -2.56. The van der Waals surface area contributed by atoms with Crippen LogP contribution in [0.1, 0.15) is 23.7 Å². The molecule has 2 aromatic rings. The Hall–Kier alpha value is -3.88. The average Bonchev–Trinajstić information content (AvgIpc) is 2.84. The zero-order valence-electron chi connectivity index (χ0n) is 18.7. The van der Waals surface area contributed by atoms with Crippen molar-refractivity contribution in [1.82, 2.24) is 10.2 Å². The van der Waals surface area contributed by atoms with Crippen molar-refractivity contribution in [3.63, 3.8) is 0 Å². The first-order valence-electron chi connectivity index (χ1n) is 10.9. The second kappa shape index (κ2) is 9.72. The molecule has 4 rings (SSSR count). The minimum atomic E-state index is -0.805. The molecule has 0 aromatic heterocycles. The van der Waals surface area contributed by atoms with Crippen LogP contribution < -0.4 is 20.3 Å². The van der Waals surface area contributed by atoms with Gasteiger partial charge in [0.25, 0.3) is 0 Å². The zero-order chi connectivity index (χ0) is 23.4. The smallest absolute Gasteiger partial charge is 0.249 e. The Bertz CT molecular complexity index is 1060. The van der Waals surface area contributed by atoms with Crippen LogP contribution in [0.2, 0.25) is 0 Å². The van der Waals surface area contributed by atoms with E-state index in [0.29, 0.717) is 30.3 Å². The lowest BCUT2D eigenvalue weighted by atomic mass is 10.1. The molecule has 1 atom stereocenters. The quantitative estimate of drug-likeness (QED) is 0.676. The Labute approximate surface area is 192 Å². The van der Waals surface area contributed by atoms with Gasteiger partial charge < -0.3 is 19.9 Å². The average molecular weight is 450 g/mol. The maximum Gasteiger partial charge on any atom is 0.249 e. The lowest BCUT2D eigenvalue weighted by molar-refractivity contribution is -0.125. The maximum atomic E-state index is 12.7. The van der Waals surface area contributed by atoms with Gasteiger partial charge in [-0.25, -0.2) is 4.99 Å². The van der Waals surface area contributed by atoms with Crippen LogP contribution in [-0.2, 0) is 9.59 Å². The van der Waals surface area contributed by atoms with Gasteiger partial charge in [0.15, 0.2) is 5.78 Å². The van der Waals surface area contributed by atoms with Crippen molar-refractivity contribution in [2.24, 2.45) is 4.99 Å². The van der Waals surface area contributed by atoms with Gasteiger partial charge in [0.05, 0.1) is 13.5 Å². The summed E-state index contributed by atoms with van der Waals surface area (Å²) in [6.07, 6.45) is -0.00727. The van der Waals surface area contributed by atoms with Gasteiger partial charge in [-0.05, 0) is 55.5 Å². The van der Waals surface area contributed by atoms with Crippen LogP contribution in [0.4, 0.5) is 11.4 Å². The summed E-state index contributed by atoms with van der Waals surface area (Å²) in [5.41, 5.74) is 2.23. The molecule has 1 saturated heterocycles. The number of hydrogen-bond acceptors (Lipinski definition) is 7. The summed E-state index contributed by atoms with van der Waals surface area (Å²) in [4.78, 5) is 45.2. The standard InChI is InChI=1S/C24H27N5O4/c1-16(30)17-3-5-18(6-4-17)25-23(32)21-15-22(31)27-24(26-21)29-13-11-28(12-14-29)19-7-9-20(33-2)10-8-19/h3-10,21H,11-15H2,1-2H3,(H,25,32)(H,26,27,31)/t21-/m1/s1. The van der Waals surface area contributed by atoms with E-state index in [1.54, 1.807) is 31.4 Å². The highest BCUT2D eigenvalue weighted by atomic mass is 16.5. The molecule has 0 aliphatic carbocycles. The molecular formula is C24H27N5O4. The van der Waals surface area contributed by atoms with Crippen LogP contribution in [0.3, 0.4) is 0 Å². The van der Waals surface area contributed by atoms with Crippen molar-refractivity contribution < 1.29 is 19.1 Å². The van der Waals surface area contributed by atoms with E-state index < -0.39 is 6.04 Å². The van der Waals surface area contributed by atoms with Gasteiger partial charge in [-0.15, -0.1) is 0 Å². The predicted molar refractivity (Wildman–Crippen MR) is 126 cm³/mol. The fraction of sp³-hybridized carbons (Fsp3) is 0.333. The normalized spacial score (nSPS) is 18.3. The van der Waals surface area contributed by atoms with E-state index in [0.717, 1.165) is 24.5 Å². The Kier molecular flexibility index (Phi) is 6.58. The largest absolute Gasteiger partial charge is 0.497 e. The third kappa shape index (κ3) is 5.31. The summed E-state index contributed by atoms with van der Waals surface area (Å²) >= 11 is 0. The number of methoxy groups -OCH3 is 1. The van der Waals surface area contributed by atoms with Crippen LogP contribution in [0.15, 0.2) is 53.5 Å². The first kappa shape index (κ1) is 22.3. The van der Waals surface area contributed by atoms with E-state index in [4.69, 9.17) is 4.74 Å². The predicted octanol–water partition coefficient (Wildman–Crippen LogP) is 1.90. The number of aliphatic imine (C=N–C) groups is 1. The van der Waals surface area contributed by atoms with Gasteiger partial charge >= 0.3 is 0 Å². The second-order valence-corrected chi connectivity index (χ2v) is 8.02. The van der Waals surface area contributed by atoms with Crippen LogP contribution >= 0.6 is 0 Å². The fourth-order valence-electron chi connectivity index (χ4n) is 3.87. The number of benzene rings is 2. The van der Waals surface area contributed by atoms with Crippen molar-refractivity contribution in [2.75, 3.05) is 43.5 Å². The van der Waals surface area contributed by atoms with Crippen LogP contribution in [-0.4, -0.2) is 67.8 Å². The highest BCUT2D eigenvalue weighted by Gasteiger charge is 2.30. The molecule has 33 heavy (non-hydrogen) atoms. The van der Waals surface area contributed by atoms with E-state index in [1.165, 1.54) is 6.92 Å². The maximum absolute atomic E-state index is 12.7. The highest BCUT2D eigenvalue weighted by Crippen LogP contribution is 2.21. The monoisotopic (exact) mass is 449 g/mol. The molecule has 9 heteroatoms. The molecule has 2 aliphatic heterocycles. The molecule has 0 saturated carbocycles. The topological polar surface area (TPSA) is 103 Å². The van der Waals surface area contributed by atoms with Crippen molar-refractivity contribution in [1.29, 1.82) is 0 Å². The Balaban J connectivity index is 1.38. The number of rotatable bonds is 5. The minimum Gasteiger partial charge on any atom is -0.497 e. The summed E-state index contributed by atoms with van der Waals surface area (Å²) < 4.78 is 5.22. The number of guanidine groups is 1. The third-order valence-corrected chi connectivity index (χ3v) is 5.79. The molecule has 2 heterocycles. The number of nitrogens with zero attached hydrogens (tertiary/aromatic N) is 3. The van der Waals surface area contributed by atoms with Crippen LogP contribution in [0.25, 0.3) is 0 Å². The number of carbonyl (C=O) groups excluding carboxylic acids is 3. The number of Topliss-reactive ketones (excluding diaryl/α,β-unsaturated/α-hetero) is 1. The Morgan fingerprint density at radius 2 is 1.64 bits per heavy atom. The number of ether oxygens (including phenoxy) is 1. The third-order valence-electron chi connectivity index (χ3n) is 5.79. The van der Waals surface area contributed by atoms with Crippen molar-refractivity contribution >= 4 is 34.9 Å². The van der Waals surface area contributed by atoms with Gasteiger partial charge in [0, 0.05) is 43.1 Å². The first-order valence-corrected chi connectivity index (χ1v) is 10.9. The number of amides is 2. The van der Waals surface area contributed by atoms with Crippen molar-refractivity contribution in [3.8, 4) is 5.75 Å². The van der Waals surface area contributed by atoms with Gasteiger partial charge in [0.1, 0.15) is 11.8 Å². The van der Waals surface area contributed by atoms with Gasteiger partial charge in [0.2, 0.25) is 17.8 Å². The van der Waals surface area contributed by atoms with Gasteiger partial charge in [-0.3, -0.25) is 19.7 Å². The van der Waals surface area contributed by atoms with E-state index in [-0.39, 0.29) is 24.0 Å². The van der Waals surface area contributed by atoms with Crippen molar-refractivity contribution in [3.05, 3.63) is 54.1 Å². The number of ketones is 1. The number of piperazine rings is 1. The number of nitrogens with one attached hydrogen (secondary N) is 2. The number of anilines is 2. The Morgan fingerprint density at radius 3 is 2.24 bits per heavy atom. The molecule has 2 amide bonds. The van der Waals surface area contributed by atoms with E-state index >= 15 is 0 Å². The van der Waals surface area contributed by atoms with Gasteiger partial charge in [-0.1, -0.05) is 0 Å². The van der Waals surface area contributed by atoms with E-state index in [1.807, 2.05) is 29.2 Å². The van der Waals surface area contributed by atoms with E-state index in [9.17, 15) is 14.4 Å². The highest BCUT2D eigenvalue weighted by molar-refractivity contribution is 6.06. The number of carbonyl (C=O) groups is 3. The molecule has 0 unspecified atom stereocenters. The molecule has 172 valence electrons. The molecule has 0 bridgehead atoms. The summed E-state index contributed by atoms with van der Waals surface area (Å²) in [7, 11) is 1.64. The van der Waals surface area contributed by atoms with Crippen molar-refractivity contribution in [2.45, 2.75) is 19.4 Å². The molecular weight excluding hydrogens is 422 g/mol. The molecule has 9 nitrogen and oxygen atoms in total. The molecule has 2 aromatic carbocycles. The SMILES string of the molecule is COc1ccc(N2CCN(C3=N[C@@H](C(=O)Nc4ccc(C(C)=O)cc4)CC(=O)N3)CC2)cc1. The molecule has 2 aliphatic rings. The first-order chi connectivity index (χ1) is 15.9. The summed E-state index contributed by atoms with van der Waals surface area (Å²) in [5, 5.41) is 5.59. The molecule has 2 N–H and O–H groups in total. The lowest BCUT2D eigenvalue weighted by Gasteiger charge is -2.38. The van der Waals surface area contributed by atoms with E-state index in [2.05, 4.69) is 20.5 Å². The second-order valence-electron chi connectivity index (χ2n) is 8.02. The summed E-state index contributed by atoms with van der Waals surface area (Å²) in [6, 6.07) is 13.8. The van der Waals surface area contributed by atoms with Crippen LogP contribution in [0.5, 0.6) is 5.75 Å². The molecule has 0 spiro atoms.